The molecule has 25 heavy (non-hydrogen) atoms. The number of rotatable bonds is 5. The van der Waals surface area contributed by atoms with Crippen molar-refractivity contribution in [2.24, 2.45) is 0 Å². The van der Waals surface area contributed by atoms with E-state index in [1.165, 1.54) is 23.8 Å². The highest BCUT2D eigenvalue weighted by Crippen LogP contribution is 2.45. The average Bonchev–Trinajstić information content (AvgIpc) is 3.14. The third kappa shape index (κ3) is 4.99. The Hall–Kier alpha value is -1.99. The number of ether oxygens (including phenoxy) is 1. The molecular formula is C18H16FNO3S2. The molecule has 1 fully saturated rings. The summed E-state index contributed by atoms with van der Waals surface area (Å²) in [5.41, 5.74) is 1.89. The summed E-state index contributed by atoms with van der Waals surface area (Å²) < 4.78 is 18.5. The van der Waals surface area contributed by atoms with E-state index in [0.29, 0.717) is 15.8 Å². The number of hydrogen-bond donors (Lipinski definition) is 1. The van der Waals surface area contributed by atoms with E-state index < -0.39 is 24.3 Å². The SMILES string of the molecule is O=C(COC(=O)c1ccc(C2SCCS2)cc1)Nc1cccc(F)c1. The van der Waals surface area contributed by atoms with Crippen LogP contribution in [0.5, 0.6) is 0 Å². The van der Waals surface area contributed by atoms with E-state index in [0.717, 1.165) is 11.5 Å². The maximum atomic E-state index is 13.1. The third-order valence-electron chi connectivity index (χ3n) is 3.48. The summed E-state index contributed by atoms with van der Waals surface area (Å²) in [5.74, 6) is 0.745. The third-order valence-corrected chi connectivity index (χ3v) is 6.59. The average molecular weight is 377 g/mol. The number of halogens is 1. The Morgan fingerprint density at radius 3 is 2.52 bits per heavy atom. The van der Waals surface area contributed by atoms with Gasteiger partial charge in [0.05, 0.1) is 10.1 Å². The molecule has 0 spiro atoms. The van der Waals surface area contributed by atoms with E-state index in [-0.39, 0.29) is 0 Å². The highest BCUT2D eigenvalue weighted by Gasteiger charge is 2.18. The first kappa shape index (κ1) is 17.8. The lowest BCUT2D eigenvalue weighted by atomic mass is 10.1. The van der Waals surface area contributed by atoms with Crippen LogP contribution in [0.25, 0.3) is 0 Å². The van der Waals surface area contributed by atoms with Crippen molar-refractivity contribution in [3.8, 4) is 0 Å². The Labute approximate surface area is 153 Å². The molecule has 7 heteroatoms. The Morgan fingerprint density at radius 2 is 1.84 bits per heavy atom. The second kappa shape index (κ2) is 8.40. The Morgan fingerprint density at radius 1 is 1.12 bits per heavy atom. The Bertz CT molecular complexity index is 761. The molecule has 2 aromatic carbocycles. The van der Waals surface area contributed by atoms with Crippen LogP contribution in [-0.4, -0.2) is 30.0 Å². The molecule has 1 amide bonds. The van der Waals surface area contributed by atoms with E-state index in [9.17, 15) is 14.0 Å². The van der Waals surface area contributed by atoms with Crippen LogP contribution >= 0.6 is 23.5 Å². The molecule has 0 bridgehead atoms. The topological polar surface area (TPSA) is 55.4 Å². The van der Waals surface area contributed by atoms with Crippen LogP contribution in [0.15, 0.2) is 48.5 Å². The van der Waals surface area contributed by atoms with E-state index in [1.807, 2.05) is 35.7 Å². The zero-order valence-corrected chi connectivity index (χ0v) is 14.9. The van der Waals surface area contributed by atoms with Crippen LogP contribution in [0, 0.1) is 5.82 Å². The first-order valence-corrected chi connectivity index (χ1v) is 9.77. The van der Waals surface area contributed by atoms with Gasteiger partial charge in [-0.25, -0.2) is 9.18 Å². The lowest BCUT2D eigenvalue weighted by Crippen LogP contribution is -2.21. The number of carbonyl (C=O) groups is 2. The molecule has 0 radical (unpaired) electrons. The monoisotopic (exact) mass is 377 g/mol. The lowest BCUT2D eigenvalue weighted by molar-refractivity contribution is -0.119. The molecule has 0 aromatic heterocycles. The lowest BCUT2D eigenvalue weighted by Gasteiger charge is -2.09. The number of thioether (sulfide) groups is 2. The zero-order valence-electron chi connectivity index (χ0n) is 13.2. The summed E-state index contributed by atoms with van der Waals surface area (Å²) in [6.07, 6.45) is 0. The first-order valence-electron chi connectivity index (χ1n) is 7.67. The standard InChI is InChI=1S/C18H16FNO3S2/c19-14-2-1-3-15(10-14)20-16(21)11-23-17(22)12-4-6-13(7-5-12)18-24-8-9-25-18/h1-7,10,18H,8-9,11H2,(H,20,21). The van der Waals surface area contributed by atoms with Gasteiger partial charge in [0.2, 0.25) is 0 Å². The summed E-state index contributed by atoms with van der Waals surface area (Å²) in [4.78, 5) is 23.8. The molecule has 4 nitrogen and oxygen atoms in total. The number of hydrogen-bond acceptors (Lipinski definition) is 5. The number of anilines is 1. The molecule has 0 saturated carbocycles. The number of amides is 1. The fourth-order valence-electron chi connectivity index (χ4n) is 2.30. The maximum absolute atomic E-state index is 13.1. The number of esters is 1. The fraction of sp³-hybridized carbons (Fsp3) is 0.222. The van der Waals surface area contributed by atoms with Crippen LogP contribution in [0.3, 0.4) is 0 Å². The summed E-state index contributed by atoms with van der Waals surface area (Å²) in [6, 6.07) is 12.8. The van der Waals surface area contributed by atoms with E-state index in [2.05, 4.69) is 5.32 Å². The van der Waals surface area contributed by atoms with Crippen molar-refractivity contribution in [2.75, 3.05) is 23.4 Å². The van der Waals surface area contributed by atoms with Gasteiger partial charge in [0.1, 0.15) is 5.82 Å². The van der Waals surface area contributed by atoms with E-state index >= 15 is 0 Å². The predicted octanol–water partition coefficient (Wildman–Crippen LogP) is 4.10. The maximum Gasteiger partial charge on any atom is 0.338 e. The van der Waals surface area contributed by atoms with Gasteiger partial charge in [-0.2, -0.15) is 0 Å². The number of carbonyl (C=O) groups excluding carboxylic acids is 2. The van der Waals surface area contributed by atoms with Crippen LogP contribution in [0.2, 0.25) is 0 Å². The van der Waals surface area contributed by atoms with Crippen molar-refractivity contribution in [3.05, 3.63) is 65.5 Å². The molecule has 3 rings (SSSR count). The molecule has 1 aliphatic heterocycles. The highest BCUT2D eigenvalue weighted by atomic mass is 32.2. The van der Waals surface area contributed by atoms with Crippen LogP contribution < -0.4 is 5.32 Å². The second-order valence-electron chi connectivity index (χ2n) is 5.33. The molecule has 2 aromatic rings. The Kier molecular flexibility index (Phi) is 5.99. The van der Waals surface area contributed by atoms with Gasteiger partial charge in [-0.15, -0.1) is 23.5 Å². The van der Waals surface area contributed by atoms with Crippen molar-refractivity contribution in [1.29, 1.82) is 0 Å². The van der Waals surface area contributed by atoms with Crippen molar-refractivity contribution in [2.45, 2.75) is 4.58 Å². The normalized spacial score (nSPS) is 14.3. The van der Waals surface area contributed by atoms with Gasteiger partial charge in [0.15, 0.2) is 6.61 Å². The molecule has 1 aliphatic rings. The van der Waals surface area contributed by atoms with Crippen molar-refractivity contribution < 1.29 is 18.7 Å². The van der Waals surface area contributed by atoms with Crippen LogP contribution in [0.1, 0.15) is 20.5 Å². The minimum atomic E-state index is -0.562. The zero-order chi connectivity index (χ0) is 17.6. The molecule has 1 N–H and O–H groups in total. The molecule has 0 unspecified atom stereocenters. The first-order chi connectivity index (χ1) is 12.1. The summed E-state index contributed by atoms with van der Waals surface area (Å²) in [5, 5.41) is 2.47. The quantitative estimate of drug-likeness (QED) is 0.795. The minimum absolute atomic E-state index is 0.317. The fourth-order valence-corrected chi connectivity index (χ4v) is 5.16. The van der Waals surface area contributed by atoms with Gasteiger partial charge < -0.3 is 10.1 Å². The predicted molar refractivity (Wildman–Crippen MR) is 99.4 cm³/mol. The van der Waals surface area contributed by atoms with Crippen molar-refractivity contribution in [3.63, 3.8) is 0 Å². The number of nitrogens with one attached hydrogen (secondary N) is 1. The van der Waals surface area contributed by atoms with E-state index in [4.69, 9.17) is 4.74 Å². The molecular weight excluding hydrogens is 361 g/mol. The molecule has 0 atom stereocenters. The second-order valence-corrected chi connectivity index (χ2v) is 8.05. The largest absolute Gasteiger partial charge is 0.452 e. The van der Waals surface area contributed by atoms with Crippen LogP contribution in [-0.2, 0) is 9.53 Å². The van der Waals surface area contributed by atoms with Gasteiger partial charge in [0.25, 0.3) is 5.91 Å². The van der Waals surface area contributed by atoms with Crippen molar-refractivity contribution >= 4 is 41.1 Å². The summed E-state index contributed by atoms with van der Waals surface area (Å²) >= 11 is 3.79. The summed E-state index contributed by atoms with van der Waals surface area (Å²) in [7, 11) is 0. The van der Waals surface area contributed by atoms with Crippen LogP contribution in [0.4, 0.5) is 10.1 Å². The summed E-state index contributed by atoms with van der Waals surface area (Å²) in [6.45, 7) is -0.425. The molecule has 130 valence electrons. The Balaban J connectivity index is 1.50. The van der Waals surface area contributed by atoms with E-state index in [1.54, 1.807) is 18.2 Å². The molecule has 0 aliphatic carbocycles. The van der Waals surface area contributed by atoms with Gasteiger partial charge in [-0.3, -0.25) is 4.79 Å². The highest BCUT2D eigenvalue weighted by molar-refractivity contribution is 8.19. The number of benzene rings is 2. The minimum Gasteiger partial charge on any atom is -0.452 e. The van der Waals surface area contributed by atoms with Gasteiger partial charge >= 0.3 is 5.97 Å². The van der Waals surface area contributed by atoms with Crippen molar-refractivity contribution in [1.82, 2.24) is 0 Å². The molecule has 1 heterocycles. The van der Waals surface area contributed by atoms with Gasteiger partial charge in [-0.1, -0.05) is 18.2 Å². The smallest absolute Gasteiger partial charge is 0.338 e. The van der Waals surface area contributed by atoms with Gasteiger partial charge in [0, 0.05) is 17.2 Å². The molecule has 1 saturated heterocycles. The van der Waals surface area contributed by atoms with Gasteiger partial charge in [-0.05, 0) is 35.9 Å².